The lowest BCUT2D eigenvalue weighted by atomic mass is 9.93. The van der Waals surface area contributed by atoms with Crippen LogP contribution in [0.15, 0.2) is 30.7 Å². The molecule has 0 aliphatic carbocycles. The van der Waals surface area contributed by atoms with Gasteiger partial charge in [-0.3, -0.25) is 14.5 Å². The minimum atomic E-state index is -0.0984. The molecule has 0 saturated carbocycles. The summed E-state index contributed by atoms with van der Waals surface area (Å²) in [6.45, 7) is 6.21. The Bertz CT molecular complexity index is 678. The van der Waals surface area contributed by atoms with Gasteiger partial charge in [0, 0.05) is 44.3 Å². The van der Waals surface area contributed by atoms with Crippen molar-refractivity contribution in [1.82, 2.24) is 20.1 Å². The molecule has 1 amide bonds. The van der Waals surface area contributed by atoms with Gasteiger partial charge in [-0.05, 0) is 38.3 Å². The van der Waals surface area contributed by atoms with E-state index >= 15 is 0 Å². The molecular formula is C18H24N4O2. The first kappa shape index (κ1) is 16.6. The molecule has 1 fully saturated rings. The van der Waals surface area contributed by atoms with Crippen LogP contribution in [0.1, 0.15) is 60.3 Å². The number of pyridine rings is 1. The highest BCUT2D eigenvalue weighted by Crippen LogP contribution is 2.28. The standard InChI is InChI=1S/C18H24N4O2/c1-3-22-12-16(17(21-22)14-6-9-24-10-7-14)18(23)20-13(2)15-5-4-8-19-11-15/h4-5,8,11-14H,3,6-7,9-10H2,1-2H3,(H,20,23). The van der Waals surface area contributed by atoms with E-state index in [1.54, 1.807) is 12.4 Å². The number of hydrogen-bond acceptors (Lipinski definition) is 4. The Morgan fingerprint density at radius 1 is 1.46 bits per heavy atom. The fourth-order valence-corrected chi connectivity index (χ4v) is 3.04. The van der Waals surface area contributed by atoms with Crippen molar-refractivity contribution in [2.45, 2.75) is 45.2 Å². The molecule has 128 valence electrons. The van der Waals surface area contributed by atoms with E-state index in [0.29, 0.717) is 11.5 Å². The van der Waals surface area contributed by atoms with E-state index in [2.05, 4.69) is 15.4 Å². The van der Waals surface area contributed by atoms with Crippen molar-refractivity contribution >= 4 is 5.91 Å². The second-order valence-corrected chi connectivity index (χ2v) is 6.15. The molecule has 3 heterocycles. The Hall–Kier alpha value is -2.21. The van der Waals surface area contributed by atoms with Gasteiger partial charge in [0.25, 0.3) is 5.91 Å². The average molecular weight is 328 g/mol. The van der Waals surface area contributed by atoms with E-state index in [1.807, 2.05) is 36.9 Å². The van der Waals surface area contributed by atoms with E-state index < -0.39 is 0 Å². The van der Waals surface area contributed by atoms with Gasteiger partial charge in [-0.1, -0.05) is 6.07 Å². The number of amides is 1. The van der Waals surface area contributed by atoms with E-state index in [-0.39, 0.29) is 11.9 Å². The third-order valence-corrected chi connectivity index (χ3v) is 4.50. The van der Waals surface area contributed by atoms with Crippen molar-refractivity contribution in [2.24, 2.45) is 0 Å². The van der Waals surface area contributed by atoms with Gasteiger partial charge in [-0.2, -0.15) is 5.10 Å². The van der Waals surface area contributed by atoms with Gasteiger partial charge in [-0.15, -0.1) is 0 Å². The highest BCUT2D eigenvalue weighted by atomic mass is 16.5. The summed E-state index contributed by atoms with van der Waals surface area (Å²) in [5.74, 6) is 0.216. The summed E-state index contributed by atoms with van der Waals surface area (Å²) in [5, 5.41) is 7.71. The lowest BCUT2D eigenvalue weighted by Crippen LogP contribution is -2.28. The minimum absolute atomic E-state index is 0.0763. The summed E-state index contributed by atoms with van der Waals surface area (Å²) in [4.78, 5) is 16.9. The predicted octanol–water partition coefficient (Wildman–Crippen LogP) is 2.68. The molecular weight excluding hydrogens is 304 g/mol. The summed E-state index contributed by atoms with van der Waals surface area (Å²) in [5.41, 5.74) is 2.57. The van der Waals surface area contributed by atoms with E-state index in [4.69, 9.17) is 4.74 Å². The van der Waals surface area contributed by atoms with Crippen molar-refractivity contribution in [2.75, 3.05) is 13.2 Å². The normalized spacial score (nSPS) is 16.8. The molecule has 3 rings (SSSR count). The number of ether oxygens (including phenoxy) is 1. The van der Waals surface area contributed by atoms with Crippen molar-refractivity contribution in [3.05, 3.63) is 47.5 Å². The Morgan fingerprint density at radius 2 is 2.25 bits per heavy atom. The van der Waals surface area contributed by atoms with E-state index in [1.165, 1.54) is 0 Å². The molecule has 2 aromatic heterocycles. The van der Waals surface area contributed by atoms with Gasteiger partial charge in [0.05, 0.1) is 17.3 Å². The number of carbonyl (C=O) groups excluding carboxylic acids is 1. The van der Waals surface area contributed by atoms with Gasteiger partial charge in [0.15, 0.2) is 0 Å². The fraction of sp³-hybridized carbons (Fsp3) is 0.500. The van der Waals surface area contributed by atoms with Gasteiger partial charge in [0.2, 0.25) is 0 Å². The Morgan fingerprint density at radius 3 is 2.92 bits per heavy atom. The fourth-order valence-electron chi connectivity index (χ4n) is 3.04. The molecule has 0 bridgehead atoms. The third kappa shape index (κ3) is 3.64. The number of nitrogens with zero attached hydrogens (tertiary/aromatic N) is 3. The maximum absolute atomic E-state index is 12.8. The van der Waals surface area contributed by atoms with Crippen LogP contribution in [0.4, 0.5) is 0 Å². The molecule has 6 heteroatoms. The van der Waals surface area contributed by atoms with Crippen LogP contribution in [-0.4, -0.2) is 33.9 Å². The molecule has 2 aromatic rings. The number of aromatic nitrogens is 3. The van der Waals surface area contributed by atoms with E-state index in [9.17, 15) is 4.79 Å². The third-order valence-electron chi connectivity index (χ3n) is 4.50. The summed E-state index contributed by atoms with van der Waals surface area (Å²) in [6.07, 6.45) is 7.20. The van der Waals surface area contributed by atoms with Crippen LogP contribution in [0.25, 0.3) is 0 Å². The second kappa shape index (κ2) is 7.57. The number of carbonyl (C=O) groups is 1. The quantitative estimate of drug-likeness (QED) is 0.916. The molecule has 0 aromatic carbocycles. The second-order valence-electron chi connectivity index (χ2n) is 6.15. The highest BCUT2D eigenvalue weighted by Gasteiger charge is 2.26. The van der Waals surface area contributed by atoms with Crippen molar-refractivity contribution in [1.29, 1.82) is 0 Å². The van der Waals surface area contributed by atoms with Crippen LogP contribution in [0, 0.1) is 0 Å². The highest BCUT2D eigenvalue weighted by molar-refractivity contribution is 5.95. The van der Waals surface area contributed by atoms with Crippen LogP contribution >= 0.6 is 0 Å². The van der Waals surface area contributed by atoms with Gasteiger partial charge in [0.1, 0.15) is 0 Å². The van der Waals surface area contributed by atoms with Crippen molar-refractivity contribution in [3.63, 3.8) is 0 Å². The van der Waals surface area contributed by atoms with Crippen LogP contribution < -0.4 is 5.32 Å². The SMILES string of the molecule is CCn1cc(C(=O)NC(C)c2cccnc2)c(C2CCOCC2)n1. The number of aryl methyl sites for hydroxylation is 1. The molecule has 24 heavy (non-hydrogen) atoms. The number of nitrogens with one attached hydrogen (secondary N) is 1. The molecule has 6 nitrogen and oxygen atoms in total. The Labute approximate surface area is 142 Å². The van der Waals surface area contributed by atoms with Crippen molar-refractivity contribution < 1.29 is 9.53 Å². The summed E-state index contributed by atoms with van der Waals surface area (Å²) in [7, 11) is 0. The van der Waals surface area contributed by atoms with E-state index in [0.717, 1.165) is 43.9 Å². The molecule has 1 saturated heterocycles. The molecule has 1 unspecified atom stereocenters. The van der Waals surface area contributed by atoms with Crippen LogP contribution in [0.5, 0.6) is 0 Å². The minimum Gasteiger partial charge on any atom is -0.381 e. The first-order chi connectivity index (χ1) is 11.7. The number of hydrogen-bond donors (Lipinski definition) is 1. The molecule has 1 aliphatic heterocycles. The summed E-state index contributed by atoms with van der Waals surface area (Å²) >= 11 is 0. The molecule has 1 atom stereocenters. The smallest absolute Gasteiger partial charge is 0.255 e. The lowest BCUT2D eigenvalue weighted by Gasteiger charge is -2.21. The molecule has 0 spiro atoms. The number of rotatable bonds is 5. The predicted molar refractivity (Wildman–Crippen MR) is 90.8 cm³/mol. The molecule has 0 radical (unpaired) electrons. The van der Waals surface area contributed by atoms with Gasteiger partial charge < -0.3 is 10.1 Å². The summed E-state index contributed by atoms with van der Waals surface area (Å²) < 4.78 is 7.28. The average Bonchev–Trinajstić information content (AvgIpc) is 3.08. The summed E-state index contributed by atoms with van der Waals surface area (Å²) in [6, 6.07) is 3.74. The largest absolute Gasteiger partial charge is 0.381 e. The van der Waals surface area contributed by atoms with Crippen molar-refractivity contribution in [3.8, 4) is 0 Å². The Balaban J connectivity index is 1.79. The topological polar surface area (TPSA) is 69.0 Å². The van der Waals surface area contributed by atoms with Crippen LogP contribution in [0.3, 0.4) is 0 Å². The first-order valence-corrected chi connectivity index (χ1v) is 8.55. The molecule has 1 aliphatic rings. The molecule has 1 N–H and O–H groups in total. The zero-order chi connectivity index (χ0) is 16.9. The Kier molecular flexibility index (Phi) is 5.25. The van der Waals surface area contributed by atoms with Gasteiger partial charge in [-0.25, -0.2) is 0 Å². The van der Waals surface area contributed by atoms with Crippen LogP contribution in [-0.2, 0) is 11.3 Å². The zero-order valence-electron chi connectivity index (χ0n) is 14.2. The monoisotopic (exact) mass is 328 g/mol. The first-order valence-electron chi connectivity index (χ1n) is 8.55. The van der Waals surface area contributed by atoms with Crippen LogP contribution in [0.2, 0.25) is 0 Å². The maximum atomic E-state index is 12.8. The van der Waals surface area contributed by atoms with Gasteiger partial charge >= 0.3 is 0 Å². The zero-order valence-corrected chi connectivity index (χ0v) is 14.2. The lowest BCUT2D eigenvalue weighted by molar-refractivity contribution is 0.0831. The maximum Gasteiger partial charge on any atom is 0.255 e.